The van der Waals surface area contributed by atoms with Crippen LogP contribution in [0.1, 0.15) is 43.4 Å². The van der Waals surface area contributed by atoms with Crippen LogP contribution in [0.3, 0.4) is 0 Å². The Morgan fingerprint density at radius 3 is 1.70 bits per heavy atom. The zero-order chi connectivity index (χ0) is 31.3. The number of hydrogen-bond donors (Lipinski definition) is 0. The number of aromatic nitrogens is 3. The summed E-state index contributed by atoms with van der Waals surface area (Å²) in [6, 6.07) is 46.8. The van der Waals surface area contributed by atoms with Crippen molar-refractivity contribution in [2.24, 2.45) is 5.92 Å². The summed E-state index contributed by atoms with van der Waals surface area (Å²) in [4.78, 5) is 14.8. The molecule has 0 spiro atoms. The highest BCUT2D eigenvalue weighted by Gasteiger charge is 2.40. The third kappa shape index (κ3) is 4.89. The van der Waals surface area contributed by atoms with E-state index in [1.54, 1.807) is 0 Å². The van der Waals surface area contributed by atoms with Gasteiger partial charge in [-0.25, -0.2) is 15.0 Å². The van der Waals surface area contributed by atoms with Crippen molar-refractivity contribution in [2.45, 2.75) is 32.1 Å². The van der Waals surface area contributed by atoms with Crippen LogP contribution in [0.5, 0.6) is 0 Å². The van der Waals surface area contributed by atoms with Crippen molar-refractivity contribution in [2.75, 3.05) is 0 Å². The standard InChI is InChI=1S/C43H35N3/c1-28-24-37-35-22-10-11-23-38(35)43(2,3)39(37)27-36(28)33-20-12-18-31(25-33)32-19-13-21-34(26-32)42-45-40(29-14-6-4-7-15-29)44-41(46-42)30-16-8-5-9-17-30/h4-28,36H,1-3H3. The minimum atomic E-state index is -0.00545. The van der Waals surface area contributed by atoms with Crippen LogP contribution in [-0.4, -0.2) is 15.0 Å². The van der Waals surface area contributed by atoms with Crippen LogP contribution in [0, 0.1) is 5.92 Å². The molecule has 8 rings (SSSR count). The quantitative estimate of drug-likeness (QED) is 0.200. The second-order valence-electron chi connectivity index (χ2n) is 13.0. The lowest BCUT2D eigenvalue weighted by atomic mass is 9.74. The molecule has 0 saturated carbocycles. The molecule has 6 aromatic rings. The lowest BCUT2D eigenvalue weighted by Gasteiger charge is -2.30. The highest BCUT2D eigenvalue weighted by atomic mass is 15.0. The fourth-order valence-electron chi connectivity index (χ4n) is 7.17. The molecule has 3 heteroatoms. The smallest absolute Gasteiger partial charge is 0.164 e. The van der Waals surface area contributed by atoms with E-state index in [-0.39, 0.29) is 5.41 Å². The molecule has 0 N–H and O–H groups in total. The first kappa shape index (κ1) is 28.1. The maximum atomic E-state index is 4.96. The van der Waals surface area contributed by atoms with E-state index in [1.165, 1.54) is 33.4 Å². The Morgan fingerprint density at radius 1 is 0.500 bits per heavy atom. The molecule has 2 aliphatic carbocycles. The minimum absolute atomic E-state index is 0.00545. The summed E-state index contributed by atoms with van der Waals surface area (Å²) in [5.41, 5.74) is 12.2. The van der Waals surface area contributed by atoms with Crippen LogP contribution in [0.25, 0.3) is 50.9 Å². The van der Waals surface area contributed by atoms with E-state index in [1.807, 2.05) is 60.7 Å². The monoisotopic (exact) mass is 593 g/mol. The Hall–Kier alpha value is -5.41. The molecule has 1 heterocycles. The van der Waals surface area contributed by atoms with Crippen LogP contribution in [0.4, 0.5) is 0 Å². The molecule has 0 radical (unpaired) electrons. The van der Waals surface area contributed by atoms with Gasteiger partial charge in [-0.1, -0.05) is 160 Å². The van der Waals surface area contributed by atoms with Gasteiger partial charge in [-0.15, -0.1) is 0 Å². The fourth-order valence-corrected chi connectivity index (χ4v) is 7.17. The van der Waals surface area contributed by atoms with Gasteiger partial charge in [0.1, 0.15) is 0 Å². The number of fused-ring (bicyclic) bond motifs is 3. The number of benzene rings is 5. The topological polar surface area (TPSA) is 38.7 Å². The largest absolute Gasteiger partial charge is 0.208 e. The second-order valence-corrected chi connectivity index (χ2v) is 13.0. The molecule has 0 bridgehead atoms. The van der Waals surface area contributed by atoms with Crippen LogP contribution >= 0.6 is 0 Å². The predicted molar refractivity (Wildman–Crippen MR) is 189 cm³/mol. The fraction of sp³-hybridized carbons (Fsp3) is 0.140. The molecule has 0 aliphatic heterocycles. The molecule has 0 amide bonds. The van der Waals surface area contributed by atoms with Crippen molar-refractivity contribution in [3.05, 3.63) is 168 Å². The van der Waals surface area contributed by atoms with Crippen molar-refractivity contribution in [1.82, 2.24) is 15.0 Å². The number of allylic oxidation sites excluding steroid dienone is 4. The molecule has 2 aliphatic rings. The number of rotatable bonds is 5. The Kier molecular flexibility index (Phi) is 6.83. The van der Waals surface area contributed by atoms with E-state index in [4.69, 9.17) is 15.0 Å². The van der Waals surface area contributed by atoms with Gasteiger partial charge < -0.3 is 0 Å². The third-order valence-corrected chi connectivity index (χ3v) is 9.62. The molecule has 2 unspecified atom stereocenters. The molecule has 222 valence electrons. The summed E-state index contributed by atoms with van der Waals surface area (Å²) in [7, 11) is 0. The van der Waals surface area contributed by atoms with Crippen LogP contribution < -0.4 is 0 Å². The number of hydrogen-bond acceptors (Lipinski definition) is 3. The molecule has 1 aromatic heterocycles. The summed E-state index contributed by atoms with van der Waals surface area (Å²) >= 11 is 0. The minimum Gasteiger partial charge on any atom is -0.208 e. The Morgan fingerprint density at radius 2 is 1.02 bits per heavy atom. The average Bonchev–Trinajstić information content (AvgIpc) is 3.33. The Bertz CT molecular complexity index is 2080. The first-order chi connectivity index (χ1) is 22.5. The van der Waals surface area contributed by atoms with Crippen molar-refractivity contribution in [3.63, 3.8) is 0 Å². The Labute approximate surface area is 271 Å². The Balaban J connectivity index is 1.17. The van der Waals surface area contributed by atoms with Crippen molar-refractivity contribution >= 4 is 5.57 Å². The van der Waals surface area contributed by atoms with Gasteiger partial charge in [-0.3, -0.25) is 0 Å². The molecule has 0 fully saturated rings. The van der Waals surface area contributed by atoms with Crippen LogP contribution in [0.15, 0.2) is 151 Å². The number of nitrogens with zero attached hydrogens (tertiary/aromatic N) is 3. The summed E-state index contributed by atoms with van der Waals surface area (Å²) < 4.78 is 0. The summed E-state index contributed by atoms with van der Waals surface area (Å²) in [5, 5.41) is 0. The SMILES string of the molecule is CC1C=C2C(=CC1c1cccc(-c3cccc(-c4nc(-c5ccccc5)nc(-c5ccccc5)n4)c3)c1)C(C)(C)c1ccccc12. The second kappa shape index (κ2) is 11.2. The summed E-state index contributed by atoms with van der Waals surface area (Å²) in [6.07, 6.45) is 5.03. The first-order valence-corrected chi connectivity index (χ1v) is 16.1. The van der Waals surface area contributed by atoms with E-state index in [2.05, 4.69) is 106 Å². The van der Waals surface area contributed by atoms with Crippen LogP contribution in [0.2, 0.25) is 0 Å². The molecule has 3 nitrogen and oxygen atoms in total. The molecular formula is C43H35N3. The normalized spacial score (nSPS) is 17.9. The highest BCUT2D eigenvalue weighted by molar-refractivity contribution is 5.91. The van der Waals surface area contributed by atoms with Gasteiger partial charge in [-0.05, 0) is 50.9 Å². The van der Waals surface area contributed by atoms with Gasteiger partial charge in [0, 0.05) is 28.0 Å². The summed E-state index contributed by atoms with van der Waals surface area (Å²) in [6.45, 7) is 7.07. The van der Waals surface area contributed by atoms with Gasteiger partial charge in [0.25, 0.3) is 0 Å². The zero-order valence-corrected chi connectivity index (χ0v) is 26.4. The van der Waals surface area contributed by atoms with E-state index < -0.39 is 0 Å². The van der Waals surface area contributed by atoms with E-state index >= 15 is 0 Å². The van der Waals surface area contributed by atoms with Gasteiger partial charge in [0.05, 0.1) is 0 Å². The van der Waals surface area contributed by atoms with Crippen molar-refractivity contribution < 1.29 is 0 Å². The summed E-state index contributed by atoms with van der Waals surface area (Å²) in [5.74, 6) is 2.69. The third-order valence-electron chi connectivity index (χ3n) is 9.62. The van der Waals surface area contributed by atoms with Crippen molar-refractivity contribution in [3.8, 4) is 45.3 Å². The molecule has 0 saturated heterocycles. The molecular weight excluding hydrogens is 558 g/mol. The van der Waals surface area contributed by atoms with E-state index in [0.717, 1.165) is 22.3 Å². The van der Waals surface area contributed by atoms with E-state index in [9.17, 15) is 0 Å². The van der Waals surface area contributed by atoms with Gasteiger partial charge in [-0.2, -0.15) is 0 Å². The van der Waals surface area contributed by atoms with Gasteiger partial charge in [0.2, 0.25) is 0 Å². The zero-order valence-electron chi connectivity index (χ0n) is 26.4. The van der Waals surface area contributed by atoms with Crippen molar-refractivity contribution in [1.29, 1.82) is 0 Å². The lowest BCUT2D eigenvalue weighted by Crippen LogP contribution is -2.19. The molecule has 5 aromatic carbocycles. The van der Waals surface area contributed by atoms with Gasteiger partial charge in [0.15, 0.2) is 17.5 Å². The maximum Gasteiger partial charge on any atom is 0.164 e. The van der Waals surface area contributed by atoms with Gasteiger partial charge >= 0.3 is 0 Å². The first-order valence-electron chi connectivity index (χ1n) is 16.1. The average molecular weight is 594 g/mol. The lowest BCUT2D eigenvalue weighted by molar-refractivity contribution is 0.601. The molecule has 2 atom stereocenters. The molecule has 46 heavy (non-hydrogen) atoms. The predicted octanol–water partition coefficient (Wildman–Crippen LogP) is 10.6. The van der Waals surface area contributed by atoms with Crippen LogP contribution in [-0.2, 0) is 5.41 Å². The maximum absolute atomic E-state index is 4.96. The van der Waals surface area contributed by atoms with E-state index in [0.29, 0.717) is 29.3 Å². The highest BCUT2D eigenvalue weighted by Crippen LogP contribution is 2.54.